The number of nitrogens with one attached hydrogen (secondary N) is 1. The number of halogens is 1. The zero-order chi connectivity index (χ0) is 13.8. The standard InChI is InChI=1S/C10H14ClNO5S.Na/c1-7-4-9(2-3-10(7)11)17-6-8(13)5-12-18(14,15)16;/h2-4,8,12-13H,5-6H2,1H3,(H,14,15,16);/q;+1/p-1. The summed E-state index contributed by atoms with van der Waals surface area (Å²) in [6.45, 7) is 1.28. The Kier molecular flexibility index (Phi) is 8.49. The first-order valence-corrected chi connectivity index (χ1v) is 6.84. The predicted molar refractivity (Wildman–Crippen MR) is 65.4 cm³/mol. The largest absolute Gasteiger partial charge is 1.00 e. The van der Waals surface area contributed by atoms with E-state index in [1.165, 1.54) is 0 Å². The molecule has 1 aromatic carbocycles. The molecule has 19 heavy (non-hydrogen) atoms. The normalized spacial score (nSPS) is 12.6. The van der Waals surface area contributed by atoms with E-state index in [2.05, 4.69) is 0 Å². The van der Waals surface area contributed by atoms with Crippen molar-refractivity contribution >= 4 is 21.9 Å². The molecule has 0 radical (unpaired) electrons. The van der Waals surface area contributed by atoms with Gasteiger partial charge in [-0.1, -0.05) is 11.6 Å². The summed E-state index contributed by atoms with van der Waals surface area (Å²) in [6, 6.07) is 4.96. The first-order valence-electron chi connectivity index (χ1n) is 5.05. The van der Waals surface area contributed by atoms with Crippen LogP contribution < -0.4 is 39.0 Å². The second-order valence-corrected chi connectivity index (χ2v) is 5.28. The van der Waals surface area contributed by atoms with E-state index in [4.69, 9.17) is 16.3 Å². The maximum atomic E-state index is 10.3. The number of aliphatic hydroxyl groups excluding tert-OH is 1. The van der Waals surface area contributed by atoms with Crippen LogP contribution in [0.2, 0.25) is 5.02 Å². The van der Waals surface area contributed by atoms with Crippen molar-refractivity contribution in [2.75, 3.05) is 13.2 Å². The van der Waals surface area contributed by atoms with Crippen molar-refractivity contribution in [1.29, 1.82) is 0 Å². The molecule has 0 saturated carbocycles. The van der Waals surface area contributed by atoms with Crippen LogP contribution in [-0.2, 0) is 10.3 Å². The van der Waals surface area contributed by atoms with E-state index >= 15 is 0 Å². The Labute approximate surface area is 139 Å². The summed E-state index contributed by atoms with van der Waals surface area (Å²) in [6.07, 6.45) is -1.11. The van der Waals surface area contributed by atoms with Crippen LogP contribution in [0.4, 0.5) is 0 Å². The second-order valence-electron chi connectivity index (χ2n) is 3.68. The molecule has 0 aromatic heterocycles. The van der Waals surface area contributed by atoms with Gasteiger partial charge in [0.05, 0.1) is 0 Å². The van der Waals surface area contributed by atoms with E-state index in [1.807, 2.05) is 0 Å². The Morgan fingerprint density at radius 2 is 2.16 bits per heavy atom. The molecule has 0 aliphatic heterocycles. The van der Waals surface area contributed by atoms with E-state index < -0.39 is 23.0 Å². The topological polar surface area (TPSA) is 98.7 Å². The van der Waals surface area contributed by atoms with Gasteiger partial charge in [-0.3, -0.25) is 0 Å². The quantitative estimate of drug-likeness (QED) is 0.444. The number of aliphatic hydroxyl groups is 1. The first-order chi connectivity index (χ1) is 8.28. The summed E-state index contributed by atoms with van der Waals surface area (Å²) in [4.78, 5) is 0. The fraction of sp³-hybridized carbons (Fsp3) is 0.400. The summed E-state index contributed by atoms with van der Waals surface area (Å²) < 4.78 is 37.6. The maximum absolute atomic E-state index is 10.3. The van der Waals surface area contributed by atoms with Gasteiger partial charge in [0.25, 0.3) is 0 Å². The molecule has 1 unspecified atom stereocenters. The van der Waals surface area contributed by atoms with Crippen molar-refractivity contribution in [3.8, 4) is 5.75 Å². The molecule has 102 valence electrons. The summed E-state index contributed by atoms with van der Waals surface area (Å²) in [5, 5.41) is 9.98. The van der Waals surface area contributed by atoms with Gasteiger partial charge in [-0.25, -0.2) is 13.1 Å². The Balaban J connectivity index is 0.00000324. The average molecular weight is 318 g/mol. The molecule has 0 aliphatic carbocycles. The van der Waals surface area contributed by atoms with Crippen LogP contribution in [0.1, 0.15) is 5.56 Å². The third-order valence-electron chi connectivity index (χ3n) is 2.07. The molecule has 1 aromatic rings. The van der Waals surface area contributed by atoms with Gasteiger partial charge in [0.2, 0.25) is 0 Å². The molecule has 1 atom stereocenters. The molecule has 0 bridgehead atoms. The fourth-order valence-corrected chi connectivity index (χ4v) is 1.67. The second kappa shape index (κ2) is 8.43. The number of aryl methyl sites for hydroxylation is 1. The number of ether oxygens (including phenoxy) is 1. The monoisotopic (exact) mass is 317 g/mol. The minimum Gasteiger partial charge on any atom is -0.735 e. The van der Waals surface area contributed by atoms with Crippen LogP contribution in [0.15, 0.2) is 18.2 Å². The van der Waals surface area contributed by atoms with Crippen molar-refractivity contribution in [3.63, 3.8) is 0 Å². The van der Waals surface area contributed by atoms with Gasteiger partial charge in [0, 0.05) is 11.6 Å². The van der Waals surface area contributed by atoms with Gasteiger partial charge in [-0.2, -0.15) is 0 Å². The summed E-state index contributed by atoms with van der Waals surface area (Å²) in [5.74, 6) is 0.501. The predicted octanol–water partition coefficient (Wildman–Crippen LogP) is -2.56. The van der Waals surface area contributed by atoms with E-state index in [9.17, 15) is 18.1 Å². The van der Waals surface area contributed by atoms with Crippen molar-refractivity contribution in [3.05, 3.63) is 28.8 Å². The van der Waals surface area contributed by atoms with Gasteiger partial charge in [0.1, 0.15) is 18.5 Å². The van der Waals surface area contributed by atoms with Crippen molar-refractivity contribution < 1.29 is 52.4 Å². The SMILES string of the molecule is Cc1cc(OCC(O)CNS(=O)(=O)[O-])ccc1Cl.[Na+]. The first kappa shape index (κ1) is 19.1. The average Bonchev–Trinajstić information content (AvgIpc) is 2.27. The molecule has 9 heteroatoms. The third-order valence-corrected chi connectivity index (χ3v) is 3.01. The number of hydrogen-bond acceptors (Lipinski definition) is 5. The Morgan fingerprint density at radius 3 is 2.68 bits per heavy atom. The maximum Gasteiger partial charge on any atom is 1.00 e. The van der Waals surface area contributed by atoms with Gasteiger partial charge < -0.3 is 14.4 Å². The van der Waals surface area contributed by atoms with Gasteiger partial charge >= 0.3 is 29.6 Å². The zero-order valence-corrected chi connectivity index (χ0v) is 14.2. The van der Waals surface area contributed by atoms with Crippen LogP contribution in [0, 0.1) is 6.92 Å². The molecule has 0 heterocycles. The Bertz CT molecular complexity index is 511. The molecule has 6 nitrogen and oxygen atoms in total. The smallest absolute Gasteiger partial charge is 0.735 e. The van der Waals surface area contributed by atoms with Crippen molar-refractivity contribution in [2.45, 2.75) is 13.0 Å². The molecule has 0 spiro atoms. The molecular formula is C10H13ClNNaO5S. The summed E-state index contributed by atoms with van der Waals surface area (Å²) in [7, 11) is -4.55. The molecule has 0 amide bonds. The molecule has 0 aliphatic rings. The van der Waals surface area contributed by atoms with Crippen molar-refractivity contribution in [1.82, 2.24) is 4.72 Å². The van der Waals surface area contributed by atoms with E-state index in [0.717, 1.165) is 5.56 Å². The fourth-order valence-electron chi connectivity index (χ4n) is 1.16. The third kappa shape index (κ3) is 8.11. The Hall–Kier alpha value is 0.140. The van der Waals surface area contributed by atoms with Crippen LogP contribution in [0.5, 0.6) is 5.75 Å². The molecular weight excluding hydrogens is 305 g/mol. The van der Waals surface area contributed by atoms with Gasteiger partial charge in [-0.05, 0) is 30.7 Å². The van der Waals surface area contributed by atoms with Crippen LogP contribution in [0.25, 0.3) is 0 Å². The zero-order valence-electron chi connectivity index (χ0n) is 10.6. The van der Waals surface area contributed by atoms with E-state index in [0.29, 0.717) is 10.8 Å². The number of rotatable bonds is 6. The van der Waals surface area contributed by atoms with Crippen LogP contribution >= 0.6 is 11.6 Å². The summed E-state index contributed by atoms with van der Waals surface area (Å²) >= 11 is 5.83. The van der Waals surface area contributed by atoms with Crippen LogP contribution in [-0.4, -0.2) is 37.3 Å². The molecule has 1 rings (SSSR count). The van der Waals surface area contributed by atoms with Crippen LogP contribution in [0.3, 0.4) is 0 Å². The van der Waals surface area contributed by atoms with Gasteiger partial charge in [-0.15, -0.1) is 0 Å². The van der Waals surface area contributed by atoms with Gasteiger partial charge in [0.15, 0.2) is 10.3 Å². The molecule has 0 saturated heterocycles. The van der Waals surface area contributed by atoms with E-state index in [1.54, 1.807) is 29.8 Å². The Morgan fingerprint density at radius 1 is 1.53 bits per heavy atom. The minimum absolute atomic E-state index is 0. The summed E-state index contributed by atoms with van der Waals surface area (Å²) in [5.41, 5.74) is 0.823. The van der Waals surface area contributed by atoms with Crippen molar-refractivity contribution in [2.24, 2.45) is 0 Å². The molecule has 0 fully saturated rings. The minimum atomic E-state index is -4.55. The molecule has 2 N–H and O–H groups in total. The number of hydrogen-bond donors (Lipinski definition) is 2. The van der Waals surface area contributed by atoms with E-state index in [-0.39, 0.29) is 36.2 Å². The number of benzene rings is 1.